The summed E-state index contributed by atoms with van der Waals surface area (Å²) in [6, 6.07) is 3.76. The number of hydrogen-bond acceptors (Lipinski definition) is 3. The number of nitrogens with zero attached hydrogens (tertiary/aromatic N) is 2. The van der Waals surface area contributed by atoms with E-state index in [0.717, 1.165) is 36.9 Å². The third kappa shape index (κ3) is 3.09. The monoisotopic (exact) mass is 303 g/mol. The molecule has 22 heavy (non-hydrogen) atoms. The topological polar surface area (TPSA) is 65.5 Å². The summed E-state index contributed by atoms with van der Waals surface area (Å²) in [5, 5.41) is 13.6. The Morgan fingerprint density at radius 1 is 1.36 bits per heavy atom. The number of pyridine rings is 1. The maximum Gasteiger partial charge on any atom is 0.323 e. The molecule has 2 amide bonds. The summed E-state index contributed by atoms with van der Waals surface area (Å²) in [5.41, 5.74) is 1.44. The molecule has 3 rings (SSSR count). The van der Waals surface area contributed by atoms with Gasteiger partial charge in [0.25, 0.3) is 0 Å². The van der Waals surface area contributed by atoms with Gasteiger partial charge in [-0.05, 0) is 50.8 Å². The van der Waals surface area contributed by atoms with E-state index in [0.29, 0.717) is 25.3 Å². The van der Waals surface area contributed by atoms with Crippen molar-refractivity contribution in [2.45, 2.75) is 51.6 Å². The standard InChI is InChI=1S/C17H25N3O2/c1-12-9-13(2)18-15(10-12)19-16(21)20-8-7-17(22)6-4-3-5-14(17)11-20/h9-10,14,22H,3-8,11H2,1-2H3,(H,18,19,21)/t14-,17+/m1/s1. The summed E-state index contributed by atoms with van der Waals surface area (Å²) in [4.78, 5) is 18.6. The molecule has 2 fully saturated rings. The number of anilines is 1. The molecule has 2 aliphatic rings. The SMILES string of the molecule is Cc1cc(C)nc(NC(=O)N2CC[C@@]3(O)CCCC[C@@H]3C2)c1. The summed E-state index contributed by atoms with van der Waals surface area (Å²) < 4.78 is 0. The Bertz CT molecular complexity index is 555. The fourth-order valence-electron chi connectivity index (χ4n) is 3.85. The smallest absolute Gasteiger partial charge is 0.323 e. The number of carbonyl (C=O) groups is 1. The Labute approximate surface area is 131 Å². The quantitative estimate of drug-likeness (QED) is 0.838. The highest BCUT2D eigenvalue weighted by Gasteiger charge is 2.43. The van der Waals surface area contributed by atoms with Gasteiger partial charge < -0.3 is 10.0 Å². The number of aryl methyl sites for hydroxylation is 2. The number of carbonyl (C=O) groups excluding carboxylic acids is 1. The van der Waals surface area contributed by atoms with Crippen molar-refractivity contribution < 1.29 is 9.90 Å². The molecule has 2 atom stereocenters. The molecular formula is C17H25N3O2. The molecule has 0 aromatic carbocycles. The maximum atomic E-state index is 12.5. The van der Waals surface area contributed by atoms with E-state index in [1.165, 1.54) is 0 Å². The van der Waals surface area contributed by atoms with Crippen molar-refractivity contribution >= 4 is 11.8 Å². The minimum absolute atomic E-state index is 0.106. The van der Waals surface area contributed by atoms with Gasteiger partial charge in [-0.25, -0.2) is 9.78 Å². The largest absolute Gasteiger partial charge is 0.389 e. The first kappa shape index (κ1) is 15.3. The Morgan fingerprint density at radius 3 is 2.95 bits per heavy atom. The molecule has 0 unspecified atom stereocenters. The minimum atomic E-state index is -0.548. The molecule has 0 bridgehead atoms. The molecular weight excluding hydrogens is 278 g/mol. The molecule has 2 N–H and O–H groups in total. The van der Waals surface area contributed by atoms with Gasteiger partial charge in [0.15, 0.2) is 0 Å². The maximum absolute atomic E-state index is 12.5. The number of likely N-dealkylation sites (tertiary alicyclic amines) is 1. The predicted octanol–water partition coefficient (Wildman–Crippen LogP) is 2.86. The van der Waals surface area contributed by atoms with Crippen LogP contribution in [0.4, 0.5) is 10.6 Å². The molecule has 1 aliphatic carbocycles. The van der Waals surface area contributed by atoms with Crippen molar-refractivity contribution in [2.75, 3.05) is 18.4 Å². The zero-order chi connectivity index (χ0) is 15.7. The van der Waals surface area contributed by atoms with Gasteiger partial charge in [0.2, 0.25) is 0 Å². The van der Waals surface area contributed by atoms with E-state index in [-0.39, 0.29) is 11.9 Å². The Morgan fingerprint density at radius 2 is 2.18 bits per heavy atom. The number of amides is 2. The zero-order valence-electron chi connectivity index (χ0n) is 13.4. The van der Waals surface area contributed by atoms with Gasteiger partial charge in [-0.15, -0.1) is 0 Å². The van der Waals surface area contributed by atoms with E-state index >= 15 is 0 Å². The van der Waals surface area contributed by atoms with E-state index in [4.69, 9.17) is 0 Å². The van der Waals surface area contributed by atoms with Crippen molar-refractivity contribution in [1.82, 2.24) is 9.88 Å². The van der Waals surface area contributed by atoms with E-state index in [1.807, 2.05) is 30.9 Å². The van der Waals surface area contributed by atoms with Crippen LogP contribution < -0.4 is 5.32 Å². The number of nitrogens with one attached hydrogen (secondary N) is 1. The summed E-state index contributed by atoms with van der Waals surface area (Å²) >= 11 is 0. The molecule has 2 heterocycles. The highest BCUT2D eigenvalue weighted by molar-refractivity contribution is 5.88. The van der Waals surface area contributed by atoms with Crippen LogP contribution in [0.2, 0.25) is 0 Å². The second kappa shape index (κ2) is 5.88. The molecule has 120 valence electrons. The average molecular weight is 303 g/mol. The van der Waals surface area contributed by atoms with Crippen molar-refractivity contribution in [3.05, 3.63) is 23.4 Å². The van der Waals surface area contributed by atoms with E-state index in [1.54, 1.807) is 0 Å². The van der Waals surface area contributed by atoms with Crippen LogP contribution in [0, 0.1) is 19.8 Å². The highest BCUT2D eigenvalue weighted by atomic mass is 16.3. The number of rotatable bonds is 1. The third-order valence-electron chi connectivity index (χ3n) is 5.05. The lowest BCUT2D eigenvalue weighted by molar-refractivity contribution is -0.0863. The zero-order valence-corrected chi connectivity index (χ0v) is 13.4. The third-order valence-corrected chi connectivity index (χ3v) is 5.05. The van der Waals surface area contributed by atoms with E-state index in [9.17, 15) is 9.90 Å². The van der Waals surface area contributed by atoms with Crippen LogP contribution in [-0.2, 0) is 0 Å². The number of piperidine rings is 1. The number of fused-ring (bicyclic) bond motifs is 1. The minimum Gasteiger partial charge on any atom is -0.389 e. The van der Waals surface area contributed by atoms with Gasteiger partial charge in [-0.1, -0.05) is 12.8 Å². The first-order chi connectivity index (χ1) is 10.5. The summed E-state index contributed by atoms with van der Waals surface area (Å²) in [7, 11) is 0. The molecule has 0 radical (unpaired) electrons. The second-order valence-corrected chi connectivity index (χ2v) is 6.84. The molecule has 0 spiro atoms. The number of hydrogen-bond donors (Lipinski definition) is 2. The number of aromatic nitrogens is 1. The normalized spacial score (nSPS) is 28.1. The first-order valence-corrected chi connectivity index (χ1v) is 8.20. The molecule has 5 heteroatoms. The van der Waals surface area contributed by atoms with Crippen LogP contribution in [-0.4, -0.2) is 39.7 Å². The van der Waals surface area contributed by atoms with Gasteiger partial charge in [0.05, 0.1) is 5.60 Å². The summed E-state index contributed by atoms with van der Waals surface area (Å²) in [6.07, 6.45) is 4.84. The number of aliphatic hydroxyl groups is 1. The van der Waals surface area contributed by atoms with Gasteiger partial charge in [0, 0.05) is 24.7 Å². The van der Waals surface area contributed by atoms with Crippen LogP contribution in [0.15, 0.2) is 12.1 Å². The molecule has 5 nitrogen and oxygen atoms in total. The fraction of sp³-hybridized carbons (Fsp3) is 0.647. The molecule has 1 aromatic heterocycles. The first-order valence-electron chi connectivity index (χ1n) is 8.20. The van der Waals surface area contributed by atoms with Crippen molar-refractivity contribution in [3.8, 4) is 0 Å². The lowest BCUT2D eigenvalue weighted by atomic mass is 9.71. The predicted molar refractivity (Wildman–Crippen MR) is 85.8 cm³/mol. The van der Waals surface area contributed by atoms with Gasteiger partial charge in [-0.3, -0.25) is 5.32 Å². The van der Waals surface area contributed by atoms with E-state index < -0.39 is 5.60 Å². The van der Waals surface area contributed by atoms with Crippen LogP contribution in [0.25, 0.3) is 0 Å². The summed E-state index contributed by atoms with van der Waals surface area (Å²) in [5.74, 6) is 0.819. The molecule has 1 aliphatic heterocycles. The van der Waals surface area contributed by atoms with Crippen LogP contribution >= 0.6 is 0 Å². The lowest BCUT2D eigenvalue weighted by Gasteiger charge is -2.47. The number of urea groups is 1. The molecule has 1 saturated carbocycles. The Balaban J connectivity index is 1.66. The molecule has 1 saturated heterocycles. The van der Waals surface area contributed by atoms with Crippen molar-refractivity contribution in [2.24, 2.45) is 5.92 Å². The summed E-state index contributed by atoms with van der Waals surface area (Å²) in [6.45, 7) is 5.18. The van der Waals surface area contributed by atoms with Crippen molar-refractivity contribution in [1.29, 1.82) is 0 Å². The van der Waals surface area contributed by atoms with Crippen molar-refractivity contribution in [3.63, 3.8) is 0 Å². The van der Waals surface area contributed by atoms with Crippen LogP contribution in [0.3, 0.4) is 0 Å². The van der Waals surface area contributed by atoms with E-state index in [2.05, 4.69) is 10.3 Å². The van der Waals surface area contributed by atoms with Crippen LogP contribution in [0.1, 0.15) is 43.4 Å². The lowest BCUT2D eigenvalue weighted by Crippen LogP contribution is -2.55. The highest BCUT2D eigenvalue weighted by Crippen LogP contribution is 2.39. The Hall–Kier alpha value is -1.62. The van der Waals surface area contributed by atoms with Gasteiger partial charge in [-0.2, -0.15) is 0 Å². The second-order valence-electron chi connectivity index (χ2n) is 6.84. The van der Waals surface area contributed by atoms with Gasteiger partial charge in [0.1, 0.15) is 5.82 Å². The fourth-order valence-corrected chi connectivity index (χ4v) is 3.85. The van der Waals surface area contributed by atoms with Gasteiger partial charge >= 0.3 is 6.03 Å². The Kier molecular flexibility index (Phi) is 4.08. The average Bonchev–Trinajstić information content (AvgIpc) is 2.45. The van der Waals surface area contributed by atoms with Crippen LogP contribution in [0.5, 0.6) is 0 Å². The molecule has 1 aromatic rings.